The maximum Gasteiger partial charge on any atom is 0.0118 e. The predicted molar refractivity (Wildman–Crippen MR) is 61.3 cm³/mol. The molecule has 0 aromatic rings. The SMILES string of the molecule is CCC1(CNC(C(C)C)C2CC2)CC1. The molecule has 0 aromatic carbocycles. The Balaban J connectivity index is 1.77. The third-order valence-corrected chi connectivity index (χ3v) is 4.27. The monoisotopic (exact) mass is 195 g/mol. The average Bonchev–Trinajstić information content (AvgIpc) is 2.99. The highest BCUT2D eigenvalue weighted by molar-refractivity contribution is 4.96. The summed E-state index contributed by atoms with van der Waals surface area (Å²) in [4.78, 5) is 0. The second-order valence-corrected chi connectivity index (χ2v) is 5.84. The first-order chi connectivity index (χ1) is 6.67. The Morgan fingerprint density at radius 3 is 2.29 bits per heavy atom. The molecule has 2 saturated carbocycles. The van der Waals surface area contributed by atoms with E-state index in [-0.39, 0.29) is 0 Å². The third kappa shape index (κ3) is 2.31. The van der Waals surface area contributed by atoms with Gasteiger partial charge in [-0.1, -0.05) is 20.8 Å². The van der Waals surface area contributed by atoms with Crippen LogP contribution in [-0.2, 0) is 0 Å². The minimum atomic E-state index is 0.710. The quantitative estimate of drug-likeness (QED) is 0.686. The van der Waals surface area contributed by atoms with Gasteiger partial charge in [-0.05, 0) is 49.4 Å². The second-order valence-electron chi connectivity index (χ2n) is 5.84. The Hall–Kier alpha value is -0.0400. The van der Waals surface area contributed by atoms with Crippen molar-refractivity contribution in [2.24, 2.45) is 17.3 Å². The molecule has 0 spiro atoms. The largest absolute Gasteiger partial charge is 0.313 e. The van der Waals surface area contributed by atoms with Crippen molar-refractivity contribution in [3.63, 3.8) is 0 Å². The van der Waals surface area contributed by atoms with Gasteiger partial charge in [0.15, 0.2) is 0 Å². The minimum Gasteiger partial charge on any atom is -0.313 e. The molecule has 1 N–H and O–H groups in total. The maximum absolute atomic E-state index is 3.83. The maximum atomic E-state index is 3.83. The number of hydrogen-bond acceptors (Lipinski definition) is 1. The Morgan fingerprint density at radius 1 is 1.29 bits per heavy atom. The van der Waals surface area contributed by atoms with E-state index in [0.29, 0.717) is 5.41 Å². The molecule has 0 radical (unpaired) electrons. The zero-order valence-corrected chi connectivity index (χ0v) is 9.97. The zero-order valence-electron chi connectivity index (χ0n) is 9.97. The summed E-state index contributed by atoms with van der Waals surface area (Å²) in [7, 11) is 0. The van der Waals surface area contributed by atoms with Gasteiger partial charge in [0.25, 0.3) is 0 Å². The summed E-state index contributed by atoms with van der Waals surface area (Å²) in [6.07, 6.45) is 7.23. The van der Waals surface area contributed by atoms with E-state index in [1.54, 1.807) is 0 Å². The van der Waals surface area contributed by atoms with Crippen molar-refractivity contribution in [1.82, 2.24) is 5.32 Å². The Morgan fingerprint density at radius 2 is 1.93 bits per heavy atom. The van der Waals surface area contributed by atoms with Gasteiger partial charge in [0.1, 0.15) is 0 Å². The van der Waals surface area contributed by atoms with Gasteiger partial charge < -0.3 is 5.32 Å². The zero-order chi connectivity index (χ0) is 10.2. The Labute approximate surface area is 88.7 Å². The Kier molecular flexibility index (Phi) is 2.88. The van der Waals surface area contributed by atoms with Crippen LogP contribution in [0, 0.1) is 17.3 Å². The van der Waals surface area contributed by atoms with Crippen molar-refractivity contribution < 1.29 is 0 Å². The Bertz CT molecular complexity index is 187. The van der Waals surface area contributed by atoms with E-state index in [1.165, 1.54) is 38.6 Å². The van der Waals surface area contributed by atoms with E-state index in [2.05, 4.69) is 26.1 Å². The molecule has 0 amide bonds. The van der Waals surface area contributed by atoms with E-state index in [9.17, 15) is 0 Å². The van der Waals surface area contributed by atoms with E-state index in [4.69, 9.17) is 0 Å². The van der Waals surface area contributed by atoms with E-state index >= 15 is 0 Å². The first-order valence-corrected chi connectivity index (χ1v) is 6.40. The molecule has 2 rings (SSSR count). The lowest BCUT2D eigenvalue weighted by atomic mass is 9.97. The molecule has 1 unspecified atom stereocenters. The molecular formula is C13H25N. The summed E-state index contributed by atoms with van der Waals surface area (Å²) in [5, 5.41) is 3.83. The summed E-state index contributed by atoms with van der Waals surface area (Å²) >= 11 is 0. The normalized spacial score (nSPS) is 26.6. The summed E-state index contributed by atoms with van der Waals surface area (Å²) in [5.74, 6) is 1.82. The first kappa shape index (κ1) is 10.5. The van der Waals surface area contributed by atoms with Crippen molar-refractivity contribution >= 4 is 0 Å². The van der Waals surface area contributed by atoms with Crippen LogP contribution in [0.2, 0.25) is 0 Å². The molecule has 14 heavy (non-hydrogen) atoms. The highest BCUT2D eigenvalue weighted by Gasteiger charge is 2.42. The fraction of sp³-hybridized carbons (Fsp3) is 1.00. The van der Waals surface area contributed by atoms with Crippen LogP contribution in [0.1, 0.15) is 52.9 Å². The summed E-state index contributed by atoms with van der Waals surface area (Å²) in [6, 6.07) is 0.805. The fourth-order valence-corrected chi connectivity index (χ4v) is 2.57. The van der Waals surface area contributed by atoms with Gasteiger partial charge >= 0.3 is 0 Å². The van der Waals surface area contributed by atoms with Gasteiger partial charge in [-0.2, -0.15) is 0 Å². The highest BCUT2D eigenvalue weighted by Crippen LogP contribution is 2.48. The molecule has 2 aliphatic rings. The summed E-state index contributed by atoms with van der Waals surface area (Å²) in [6.45, 7) is 8.35. The van der Waals surface area contributed by atoms with Crippen molar-refractivity contribution in [2.75, 3.05) is 6.54 Å². The standard InChI is InChI=1S/C13H25N/c1-4-13(7-8-13)9-14-12(10(2)3)11-5-6-11/h10-12,14H,4-9H2,1-3H3. The molecule has 2 fully saturated rings. The number of hydrogen-bond donors (Lipinski definition) is 1. The summed E-state index contributed by atoms with van der Waals surface area (Å²) < 4.78 is 0. The molecule has 0 saturated heterocycles. The first-order valence-electron chi connectivity index (χ1n) is 6.40. The number of rotatable bonds is 6. The van der Waals surface area contributed by atoms with Crippen LogP contribution in [0.15, 0.2) is 0 Å². The highest BCUT2D eigenvalue weighted by atomic mass is 15.0. The minimum absolute atomic E-state index is 0.710. The van der Waals surface area contributed by atoms with Crippen LogP contribution in [0.3, 0.4) is 0 Å². The van der Waals surface area contributed by atoms with Crippen LogP contribution < -0.4 is 5.32 Å². The summed E-state index contributed by atoms with van der Waals surface area (Å²) in [5.41, 5.74) is 0.710. The van der Waals surface area contributed by atoms with Gasteiger partial charge in [0.05, 0.1) is 0 Å². The molecule has 0 aromatic heterocycles. The van der Waals surface area contributed by atoms with Crippen LogP contribution in [-0.4, -0.2) is 12.6 Å². The smallest absolute Gasteiger partial charge is 0.0118 e. The predicted octanol–water partition coefficient (Wildman–Crippen LogP) is 3.20. The average molecular weight is 195 g/mol. The van der Waals surface area contributed by atoms with Gasteiger partial charge in [0.2, 0.25) is 0 Å². The van der Waals surface area contributed by atoms with Crippen molar-refractivity contribution in [2.45, 2.75) is 58.9 Å². The fourth-order valence-electron chi connectivity index (χ4n) is 2.57. The molecule has 1 heteroatoms. The lowest BCUT2D eigenvalue weighted by molar-refractivity contribution is 0.320. The second kappa shape index (κ2) is 3.84. The van der Waals surface area contributed by atoms with Crippen LogP contribution >= 0.6 is 0 Å². The molecule has 2 aliphatic carbocycles. The van der Waals surface area contributed by atoms with E-state index in [1.807, 2.05) is 0 Å². The van der Waals surface area contributed by atoms with Crippen LogP contribution in [0.25, 0.3) is 0 Å². The molecular weight excluding hydrogens is 170 g/mol. The van der Waals surface area contributed by atoms with Crippen molar-refractivity contribution in [1.29, 1.82) is 0 Å². The number of nitrogens with one attached hydrogen (secondary N) is 1. The van der Waals surface area contributed by atoms with Gasteiger partial charge in [-0.15, -0.1) is 0 Å². The van der Waals surface area contributed by atoms with E-state index < -0.39 is 0 Å². The lowest BCUT2D eigenvalue weighted by Crippen LogP contribution is -2.39. The molecule has 82 valence electrons. The van der Waals surface area contributed by atoms with E-state index in [0.717, 1.165) is 17.9 Å². The van der Waals surface area contributed by atoms with Crippen molar-refractivity contribution in [3.8, 4) is 0 Å². The van der Waals surface area contributed by atoms with Crippen LogP contribution in [0.5, 0.6) is 0 Å². The van der Waals surface area contributed by atoms with Gasteiger partial charge in [-0.25, -0.2) is 0 Å². The molecule has 0 aliphatic heterocycles. The topological polar surface area (TPSA) is 12.0 Å². The van der Waals surface area contributed by atoms with Crippen LogP contribution in [0.4, 0.5) is 0 Å². The van der Waals surface area contributed by atoms with Gasteiger partial charge in [-0.3, -0.25) is 0 Å². The molecule has 1 atom stereocenters. The molecule has 1 nitrogen and oxygen atoms in total. The lowest BCUT2D eigenvalue weighted by Gasteiger charge is -2.25. The molecule has 0 bridgehead atoms. The van der Waals surface area contributed by atoms with Gasteiger partial charge in [0, 0.05) is 12.6 Å². The van der Waals surface area contributed by atoms with Crippen molar-refractivity contribution in [3.05, 3.63) is 0 Å². The third-order valence-electron chi connectivity index (χ3n) is 4.27. The molecule has 0 heterocycles.